The fraction of sp³-hybridized carbons (Fsp3) is 0.522. The van der Waals surface area contributed by atoms with E-state index in [0.717, 1.165) is 66.3 Å². The van der Waals surface area contributed by atoms with Crippen LogP contribution in [0, 0.1) is 12.3 Å². The highest BCUT2D eigenvalue weighted by molar-refractivity contribution is 5.83. The van der Waals surface area contributed by atoms with Gasteiger partial charge in [-0.1, -0.05) is 20.8 Å². The van der Waals surface area contributed by atoms with Gasteiger partial charge in [0.25, 0.3) is 0 Å². The molecular weight excluding hydrogens is 366 g/mol. The Hall–Kier alpha value is -2.63. The summed E-state index contributed by atoms with van der Waals surface area (Å²) < 4.78 is 5.64. The third kappa shape index (κ3) is 5.05. The summed E-state index contributed by atoms with van der Waals surface area (Å²) in [6.45, 7) is 11.0. The van der Waals surface area contributed by atoms with Gasteiger partial charge in [-0.3, -0.25) is 14.8 Å². The summed E-state index contributed by atoms with van der Waals surface area (Å²) in [5.74, 6) is -0.107. The van der Waals surface area contributed by atoms with Crippen LogP contribution in [-0.4, -0.2) is 40.7 Å². The second-order valence-electron chi connectivity index (χ2n) is 8.53. The van der Waals surface area contributed by atoms with Crippen LogP contribution in [0.2, 0.25) is 0 Å². The molecule has 29 heavy (non-hydrogen) atoms. The van der Waals surface area contributed by atoms with Crippen molar-refractivity contribution in [1.29, 1.82) is 0 Å². The number of carboxylic acids is 1. The quantitative estimate of drug-likeness (QED) is 0.742. The molecule has 0 atom stereocenters. The standard InChI is InChI=1S/C23H31N3O3/c1-5-12-29-17-6-7-20(25-14-17)19-15-24-16(2)18(13-21(27)28)22(19)26-10-8-23(3,4)9-11-26/h6-7,14-15H,5,8-13H2,1-4H3,(H,27,28). The third-order valence-corrected chi connectivity index (χ3v) is 5.61. The molecule has 6 heteroatoms. The Morgan fingerprint density at radius 1 is 1.21 bits per heavy atom. The number of nitrogens with zero attached hydrogens (tertiary/aromatic N) is 3. The smallest absolute Gasteiger partial charge is 0.307 e. The molecule has 6 nitrogen and oxygen atoms in total. The topological polar surface area (TPSA) is 75.6 Å². The van der Waals surface area contributed by atoms with Gasteiger partial charge in [0, 0.05) is 36.1 Å². The number of ether oxygens (including phenoxy) is 1. The zero-order valence-electron chi connectivity index (χ0n) is 17.9. The molecule has 3 heterocycles. The number of anilines is 1. The van der Waals surface area contributed by atoms with Crippen LogP contribution in [0.25, 0.3) is 11.3 Å². The molecule has 2 aromatic rings. The molecule has 0 unspecified atom stereocenters. The molecule has 1 N–H and O–H groups in total. The molecule has 0 spiro atoms. The minimum absolute atomic E-state index is 0.0421. The van der Waals surface area contributed by atoms with Gasteiger partial charge in [-0.2, -0.15) is 0 Å². The summed E-state index contributed by atoms with van der Waals surface area (Å²) in [5.41, 5.74) is 4.48. The van der Waals surface area contributed by atoms with Gasteiger partial charge in [-0.05, 0) is 43.7 Å². The van der Waals surface area contributed by atoms with Crippen molar-refractivity contribution in [3.8, 4) is 17.0 Å². The van der Waals surface area contributed by atoms with E-state index in [-0.39, 0.29) is 6.42 Å². The van der Waals surface area contributed by atoms with E-state index in [1.807, 2.05) is 25.3 Å². The highest BCUT2D eigenvalue weighted by Crippen LogP contribution is 2.39. The van der Waals surface area contributed by atoms with Gasteiger partial charge >= 0.3 is 5.97 Å². The number of piperidine rings is 1. The number of aliphatic carboxylic acids is 1. The van der Waals surface area contributed by atoms with E-state index in [4.69, 9.17) is 4.74 Å². The van der Waals surface area contributed by atoms with Crippen LogP contribution in [0.3, 0.4) is 0 Å². The molecule has 3 rings (SSSR count). The van der Waals surface area contributed by atoms with Gasteiger partial charge in [0.05, 0.1) is 30.6 Å². The predicted molar refractivity (Wildman–Crippen MR) is 115 cm³/mol. The molecule has 0 amide bonds. The Kier molecular flexibility index (Phi) is 6.40. The molecule has 1 fully saturated rings. The Bertz CT molecular complexity index is 852. The fourth-order valence-electron chi connectivity index (χ4n) is 3.73. The van der Waals surface area contributed by atoms with E-state index in [2.05, 4.69) is 35.6 Å². The lowest BCUT2D eigenvalue weighted by Gasteiger charge is -2.40. The van der Waals surface area contributed by atoms with E-state index in [9.17, 15) is 9.90 Å². The second-order valence-corrected chi connectivity index (χ2v) is 8.53. The van der Waals surface area contributed by atoms with Crippen LogP contribution in [-0.2, 0) is 11.2 Å². The van der Waals surface area contributed by atoms with Gasteiger partial charge in [-0.15, -0.1) is 0 Å². The van der Waals surface area contributed by atoms with E-state index >= 15 is 0 Å². The molecule has 0 aromatic carbocycles. The summed E-state index contributed by atoms with van der Waals surface area (Å²) >= 11 is 0. The maximum absolute atomic E-state index is 11.6. The second kappa shape index (κ2) is 8.80. The van der Waals surface area contributed by atoms with Gasteiger partial charge in [0.1, 0.15) is 5.75 Å². The Balaban J connectivity index is 2.03. The predicted octanol–water partition coefficient (Wildman–Crippen LogP) is 4.49. The number of hydrogen-bond donors (Lipinski definition) is 1. The number of aryl methyl sites for hydroxylation is 1. The molecule has 0 saturated carbocycles. The maximum Gasteiger partial charge on any atom is 0.307 e. The van der Waals surface area contributed by atoms with Crippen molar-refractivity contribution in [2.45, 2.75) is 53.4 Å². The van der Waals surface area contributed by atoms with Crippen LogP contribution >= 0.6 is 0 Å². The highest BCUT2D eigenvalue weighted by Gasteiger charge is 2.29. The first-order chi connectivity index (χ1) is 13.8. The Labute approximate surface area is 172 Å². The van der Waals surface area contributed by atoms with Crippen molar-refractivity contribution in [2.75, 3.05) is 24.6 Å². The summed E-state index contributed by atoms with van der Waals surface area (Å²) in [6, 6.07) is 3.84. The largest absolute Gasteiger partial charge is 0.492 e. The molecule has 0 bridgehead atoms. The first-order valence-corrected chi connectivity index (χ1v) is 10.3. The van der Waals surface area contributed by atoms with Crippen LogP contribution in [0.15, 0.2) is 24.5 Å². The lowest BCUT2D eigenvalue weighted by molar-refractivity contribution is -0.136. The Morgan fingerprint density at radius 3 is 2.52 bits per heavy atom. The third-order valence-electron chi connectivity index (χ3n) is 5.61. The average molecular weight is 398 g/mol. The molecule has 2 aromatic heterocycles. The lowest BCUT2D eigenvalue weighted by atomic mass is 9.82. The zero-order chi connectivity index (χ0) is 21.0. The molecule has 1 saturated heterocycles. The highest BCUT2D eigenvalue weighted by atomic mass is 16.5. The molecule has 1 aliphatic heterocycles. The van der Waals surface area contributed by atoms with E-state index in [1.165, 1.54) is 0 Å². The minimum atomic E-state index is -0.845. The normalized spacial score (nSPS) is 15.9. The maximum atomic E-state index is 11.6. The zero-order valence-corrected chi connectivity index (χ0v) is 17.9. The van der Waals surface area contributed by atoms with Crippen LogP contribution in [0.4, 0.5) is 5.69 Å². The molecule has 156 valence electrons. The van der Waals surface area contributed by atoms with E-state index in [1.54, 1.807) is 6.20 Å². The minimum Gasteiger partial charge on any atom is -0.492 e. The number of carbonyl (C=O) groups is 1. The summed E-state index contributed by atoms with van der Waals surface area (Å²) in [7, 11) is 0. The monoisotopic (exact) mass is 397 g/mol. The Morgan fingerprint density at radius 2 is 1.93 bits per heavy atom. The number of carboxylic acid groups (broad SMARTS) is 1. The summed E-state index contributed by atoms with van der Waals surface area (Å²) in [5, 5.41) is 9.50. The summed E-state index contributed by atoms with van der Waals surface area (Å²) in [4.78, 5) is 23.0. The first-order valence-electron chi connectivity index (χ1n) is 10.3. The summed E-state index contributed by atoms with van der Waals surface area (Å²) in [6.07, 6.45) is 6.59. The number of pyridine rings is 2. The molecule has 0 radical (unpaired) electrons. The van der Waals surface area contributed by atoms with Gasteiger partial charge in [0.15, 0.2) is 0 Å². The molecular formula is C23H31N3O3. The lowest BCUT2D eigenvalue weighted by Crippen LogP contribution is -2.38. The van der Waals surface area contributed by atoms with Crippen molar-refractivity contribution in [2.24, 2.45) is 5.41 Å². The van der Waals surface area contributed by atoms with Crippen molar-refractivity contribution in [3.05, 3.63) is 35.8 Å². The van der Waals surface area contributed by atoms with Crippen molar-refractivity contribution < 1.29 is 14.6 Å². The van der Waals surface area contributed by atoms with E-state index in [0.29, 0.717) is 12.0 Å². The molecule has 1 aliphatic rings. The number of rotatable bonds is 7. The van der Waals surface area contributed by atoms with Crippen LogP contribution in [0.5, 0.6) is 5.75 Å². The van der Waals surface area contributed by atoms with E-state index < -0.39 is 5.97 Å². The number of hydrogen-bond acceptors (Lipinski definition) is 5. The fourth-order valence-corrected chi connectivity index (χ4v) is 3.73. The SMILES string of the molecule is CCCOc1ccc(-c2cnc(C)c(CC(=O)O)c2N2CCC(C)(C)CC2)nc1. The van der Waals surface area contributed by atoms with Crippen LogP contribution < -0.4 is 9.64 Å². The van der Waals surface area contributed by atoms with Gasteiger partial charge in [0.2, 0.25) is 0 Å². The first kappa shape index (κ1) is 21.1. The molecule has 0 aliphatic carbocycles. The van der Waals surface area contributed by atoms with Gasteiger partial charge < -0.3 is 14.7 Å². The van der Waals surface area contributed by atoms with Crippen molar-refractivity contribution in [3.63, 3.8) is 0 Å². The van der Waals surface area contributed by atoms with Crippen LogP contribution in [0.1, 0.15) is 51.3 Å². The van der Waals surface area contributed by atoms with Crippen molar-refractivity contribution >= 4 is 11.7 Å². The average Bonchev–Trinajstić information content (AvgIpc) is 2.68. The van der Waals surface area contributed by atoms with Gasteiger partial charge in [-0.25, -0.2) is 0 Å². The number of aromatic nitrogens is 2. The van der Waals surface area contributed by atoms with Crippen molar-refractivity contribution in [1.82, 2.24) is 9.97 Å².